The molecule has 1 aromatic rings. The van der Waals surface area contributed by atoms with Gasteiger partial charge in [0, 0.05) is 12.2 Å². The van der Waals surface area contributed by atoms with Crippen LogP contribution in [0.15, 0.2) is 18.2 Å². The monoisotopic (exact) mass is 262 g/mol. The van der Waals surface area contributed by atoms with Crippen molar-refractivity contribution in [3.8, 4) is 0 Å². The first kappa shape index (κ1) is 13.4. The zero-order chi connectivity index (χ0) is 14.0. The van der Waals surface area contributed by atoms with E-state index in [0.29, 0.717) is 13.0 Å². The molecule has 1 aromatic carbocycles. The van der Waals surface area contributed by atoms with Crippen LogP contribution in [0.3, 0.4) is 0 Å². The molecule has 2 rings (SSSR count). The highest BCUT2D eigenvalue weighted by Crippen LogP contribution is 2.21. The number of aryl methyl sites for hydroxylation is 2. The molecule has 0 aromatic heterocycles. The molecule has 0 bridgehead atoms. The molecule has 0 spiro atoms. The van der Waals surface area contributed by atoms with Gasteiger partial charge in [0.15, 0.2) is 0 Å². The SMILES string of the molecule is Cc1ccc(NC(=O)N2CCC[C@@H]2C(=O)O)c(C)c1. The maximum Gasteiger partial charge on any atom is 0.326 e. The number of aliphatic carboxylic acids is 1. The van der Waals surface area contributed by atoms with Gasteiger partial charge in [0.1, 0.15) is 6.04 Å². The second-order valence-corrected chi connectivity index (χ2v) is 4.94. The number of benzene rings is 1. The molecule has 2 N–H and O–H groups in total. The summed E-state index contributed by atoms with van der Waals surface area (Å²) in [6.07, 6.45) is 1.26. The van der Waals surface area contributed by atoms with Crippen molar-refractivity contribution < 1.29 is 14.7 Å². The molecule has 1 atom stereocenters. The fourth-order valence-corrected chi connectivity index (χ4v) is 2.41. The molecule has 0 aliphatic carbocycles. The van der Waals surface area contributed by atoms with Crippen LogP contribution < -0.4 is 5.32 Å². The van der Waals surface area contributed by atoms with E-state index in [1.54, 1.807) is 0 Å². The van der Waals surface area contributed by atoms with E-state index in [0.717, 1.165) is 23.2 Å². The van der Waals surface area contributed by atoms with Crippen molar-refractivity contribution in [2.45, 2.75) is 32.7 Å². The third kappa shape index (κ3) is 2.86. The summed E-state index contributed by atoms with van der Waals surface area (Å²) < 4.78 is 0. The van der Waals surface area contributed by atoms with Gasteiger partial charge in [-0.15, -0.1) is 0 Å². The Hall–Kier alpha value is -2.04. The minimum absolute atomic E-state index is 0.336. The number of carbonyl (C=O) groups excluding carboxylic acids is 1. The number of hydrogen-bond donors (Lipinski definition) is 2. The number of hydrogen-bond acceptors (Lipinski definition) is 2. The zero-order valence-corrected chi connectivity index (χ0v) is 11.1. The fraction of sp³-hybridized carbons (Fsp3) is 0.429. The van der Waals surface area contributed by atoms with E-state index in [9.17, 15) is 9.59 Å². The Kier molecular flexibility index (Phi) is 3.74. The summed E-state index contributed by atoms with van der Waals surface area (Å²) in [6.45, 7) is 4.40. The van der Waals surface area contributed by atoms with Crippen molar-refractivity contribution in [2.75, 3.05) is 11.9 Å². The minimum Gasteiger partial charge on any atom is -0.480 e. The molecule has 19 heavy (non-hydrogen) atoms. The smallest absolute Gasteiger partial charge is 0.326 e. The highest BCUT2D eigenvalue weighted by molar-refractivity contribution is 5.93. The van der Waals surface area contributed by atoms with Crippen LogP contribution >= 0.6 is 0 Å². The van der Waals surface area contributed by atoms with Crippen molar-refractivity contribution in [2.24, 2.45) is 0 Å². The van der Waals surface area contributed by atoms with Gasteiger partial charge in [-0.3, -0.25) is 0 Å². The molecule has 1 saturated heterocycles. The summed E-state index contributed by atoms with van der Waals surface area (Å²) in [5.41, 5.74) is 2.83. The largest absolute Gasteiger partial charge is 0.480 e. The zero-order valence-electron chi connectivity index (χ0n) is 11.1. The lowest BCUT2D eigenvalue weighted by Gasteiger charge is -2.22. The van der Waals surface area contributed by atoms with Gasteiger partial charge in [-0.05, 0) is 38.3 Å². The third-order valence-corrected chi connectivity index (χ3v) is 3.42. The van der Waals surface area contributed by atoms with Gasteiger partial charge in [-0.25, -0.2) is 9.59 Å². The van der Waals surface area contributed by atoms with Gasteiger partial charge in [0.2, 0.25) is 0 Å². The number of amides is 2. The van der Waals surface area contributed by atoms with E-state index < -0.39 is 12.0 Å². The highest BCUT2D eigenvalue weighted by atomic mass is 16.4. The number of nitrogens with one attached hydrogen (secondary N) is 1. The van der Waals surface area contributed by atoms with Crippen LogP contribution in [-0.2, 0) is 4.79 Å². The molecule has 2 amide bonds. The molecule has 0 radical (unpaired) electrons. The van der Waals surface area contributed by atoms with Crippen molar-refractivity contribution in [1.82, 2.24) is 4.90 Å². The molecule has 1 fully saturated rings. The van der Waals surface area contributed by atoms with E-state index >= 15 is 0 Å². The number of rotatable bonds is 2. The maximum absolute atomic E-state index is 12.1. The Morgan fingerprint density at radius 3 is 2.74 bits per heavy atom. The Bertz CT molecular complexity index is 513. The Morgan fingerprint density at radius 2 is 2.11 bits per heavy atom. The van der Waals surface area contributed by atoms with Crippen LogP contribution in [0.1, 0.15) is 24.0 Å². The Morgan fingerprint density at radius 1 is 1.37 bits per heavy atom. The number of likely N-dealkylation sites (tertiary alicyclic amines) is 1. The molecule has 0 unspecified atom stereocenters. The topological polar surface area (TPSA) is 69.6 Å². The molecule has 1 aliphatic rings. The molecular formula is C14H18N2O3. The van der Waals surface area contributed by atoms with Crippen LogP contribution in [0, 0.1) is 13.8 Å². The van der Waals surface area contributed by atoms with Crippen molar-refractivity contribution in [3.63, 3.8) is 0 Å². The lowest BCUT2D eigenvalue weighted by atomic mass is 10.1. The Labute approximate surface area is 112 Å². The maximum atomic E-state index is 12.1. The molecule has 1 aliphatic heterocycles. The van der Waals surface area contributed by atoms with E-state index in [1.165, 1.54) is 4.90 Å². The predicted molar refractivity (Wildman–Crippen MR) is 72.3 cm³/mol. The normalized spacial score (nSPS) is 18.4. The van der Waals surface area contributed by atoms with Crippen molar-refractivity contribution >= 4 is 17.7 Å². The fourth-order valence-electron chi connectivity index (χ4n) is 2.41. The first-order chi connectivity index (χ1) is 8.99. The van der Waals surface area contributed by atoms with E-state index in [1.807, 2.05) is 32.0 Å². The first-order valence-corrected chi connectivity index (χ1v) is 6.36. The highest BCUT2D eigenvalue weighted by Gasteiger charge is 2.34. The average molecular weight is 262 g/mol. The van der Waals surface area contributed by atoms with Gasteiger partial charge in [0.05, 0.1) is 0 Å². The number of anilines is 1. The number of urea groups is 1. The lowest BCUT2D eigenvalue weighted by molar-refractivity contribution is -0.141. The van der Waals surface area contributed by atoms with Crippen molar-refractivity contribution in [3.05, 3.63) is 29.3 Å². The number of carboxylic acid groups (broad SMARTS) is 1. The van der Waals surface area contributed by atoms with E-state index in [2.05, 4.69) is 5.32 Å². The Balaban J connectivity index is 2.10. The summed E-state index contributed by atoms with van der Waals surface area (Å²) in [4.78, 5) is 24.6. The molecular weight excluding hydrogens is 244 g/mol. The molecule has 5 heteroatoms. The standard InChI is InChI=1S/C14H18N2O3/c1-9-5-6-11(10(2)8-9)15-14(19)16-7-3-4-12(16)13(17)18/h5-6,8,12H,3-4,7H2,1-2H3,(H,15,19)(H,17,18)/t12-/m1/s1. The van der Waals surface area contributed by atoms with Crippen LogP contribution in [0.5, 0.6) is 0 Å². The molecule has 0 saturated carbocycles. The van der Waals surface area contributed by atoms with Gasteiger partial charge >= 0.3 is 12.0 Å². The molecule has 5 nitrogen and oxygen atoms in total. The number of carboxylic acids is 1. The lowest BCUT2D eigenvalue weighted by Crippen LogP contribution is -2.42. The van der Waals surface area contributed by atoms with Gasteiger partial charge < -0.3 is 15.3 Å². The van der Waals surface area contributed by atoms with Crippen LogP contribution in [0.25, 0.3) is 0 Å². The van der Waals surface area contributed by atoms with Crippen LogP contribution in [0.4, 0.5) is 10.5 Å². The average Bonchev–Trinajstić information content (AvgIpc) is 2.82. The van der Waals surface area contributed by atoms with Crippen molar-refractivity contribution in [1.29, 1.82) is 0 Å². The van der Waals surface area contributed by atoms with Gasteiger partial charge in [-0.2, -0.15) is 0 Å². The minimum atomic E-state index is -0.937. The van der Waals surface area contributed by atoms with Gasteiger partial charge in [-0.1, -0.05) is 17.7 Å². The number of carbonyl (C=O) groups is 2. The number of nitrogens with zero attached hydrogens (tertiary/aromatic N) is 1. The second kappa shape index (κ2) is 5.30. The predicted octanol–water partition coefficient (Wildman–Crippen LogP) is 2.38. The first-order valence-electron chi connectivity index (χ1n) is 6.36. The summed E-state index contributed by atoms with van der Waals surface area (Å²) in [5, 5.41) is 11.9. The quantitative estimate of drug-likeness (QED) is 0.859. The molecule has 1 heterocycles. The summed E-state index contributed by atoms with van der Waals surface area (Å²) >= 11 is 0. The van der Waals surface area contributed by atoms with Crippen LogP contribution in [0.2, 0.25) is 0 Å². The summed E-state index contributed by atoms with van der Waals surface area (Å²) in [5.74, 6) is -0.937. The molecule has 102 valence electrons. The van der Waals surface area contributed by atoms with E-state index in [-0.39, 0.29) is 6.03 Å². The second-order valence-electron chi connectivity index (χ2n) is 4.94. The van der Waals surface area contributed by atoms with Crippen LogP contribution in [-0.4, -0.2) is 34.6 Å². The van der Waals surface area contributed by atoms with E-state index in [4.69, 9.17) is 5.11 Å². The summed E-state index contributed by atoms with van der Waals surface area (Å²) in [6, 6.07) is 4.70. The summed E-state index contributed by atoms with van der Waals surface area (Å²) in [7, 11) is 0. The van der Waals surface area contributed by atoms with Gasteiger partial charge in [0.25, 0.3) is 0 Å². The third-order valence-electron chi connectivity index (χ3n) is 3.42.